The van der Waals surface area contributed by atoms with Gasteiger partial charge in [-0.3, -0.25) is 9.55 Å². The Morgan fingerprint density at radius 3 is 2.64 bits per heavy atom. The molecule has 2 N–H and O–H groups in total. The van der Waals surface area contributed by atoms with Crippen LogP contribution in [0.3, 0.4) is 0 Å². The highest BCUT2D eigenvalue weighted by Gasteiger charge is 2.13. The van der Waals surface area contributed by atoms with Gasteiger partial charge < -0.3 is 10.3 Å². The van der Waals surface area contributed by atoms with Gasteiger partial charge in [0, 0.05) is 24.2 Å². The highest BCUT2D eigenvalue weighted by atomic mass is 19.1. The van der Waals surface area contributed by atoms with Crippen LogP contribution < -0.4 is 11.0 Å². The molecule has 6 nitrogen and oxygen atoms in total. The van der Waals surface area contributed by atoms with Crippen LogP contribution in [0.25, 0.3) is 16.9 Å². The number of pyridine rings is 2. The molecule has 140 valence electrons. The number of nitrogens with one attached hydrogen (secondary N) is 2. The molecular formula is C21H18FN5O. The van der Waals surface area contributed by atoms with Crippen LogP contribution >= 0.6 is 0 Å². The number of aromatic amines is 1. The molecular weight excluding hydrogens is 357 g/mol. The summed E-state index contributed by atoms with van der Waals surface area (Å²) < 4.78 is 14.8. The summed E-state index contributed by atoms with van der Waals surface area (Å²) in [5.41, 5.74) is 2.64. The summed E-state index contributed by atoms with van der Waals surface area (Å²) in [5, 5.41) is 3.32. The fraction of sp³-hybridized carbons (Fsp3) is 0.0952. The fourth-order valence-electron chi connectivity index (χ4n) is 3.02. The zero-order valence-electron chi connectivity index (χ0n) is 15.1. The third-order valence-electron chi connectivity index (χ3n) is 4.41. The van der Waals surface area contributed by atoms with Crippen LogP contribution in [-0.2, 0) is 0 Å². The van der Waals surface area contributed by atoms with Crippen LogP contribution in [0, 0.1) is 5.82 Å². The largest absolute Gasteiger partial charge is 0.362 e. The van der Waals surface area contributed by atoms with Gasteiger partial charge in [0.25, 0.3) is 0 Å². The van der Waals surface area contributed by atoms with E-state index in [0.29, 0.717) is 17.2 Å². The number of hydrogen-bond donors (Lipinski definition) is 2. The van der Waals surface area contributed by atoms with Crippen molar-refractivity contribution in [3.05, 3.63) is 95.2 Å². The molecule has 3 heterocycles. The molecule has 28 heavy (non-hydrogen) atoms. The Hall–Kier alpha value is -3.74. The van der Waals surface area contributed by atoms with Crippen molar-refractivity contribution < 1.29 is 4.39 Å². The normalized spacial score (nSPS) is 11.9. The number of aromatic nitrogens is 4. The van der Waals surface area contributed by atoms with Crippen molar-refractivity contribution in [1.82, 2.24) is 19.5 Å². The van der Waals surface area contributed by atoms with E-state index in [4.69, 9.17) is 0 Å². The van der Waals surface area contributed by atoms with Crippen LogP contribution in [0.5, 0.6) is 0 Å². The summed E-state index contributed by atoms with van der Waals surface area (Å²) in [6, 6.07) is 15.2. The summed E-state index contributed by atoms with van der Waals surface area (Å²) in [7, 11) is 0. The minimum absolute atomic E-state index is 0.0329. The number of imidazole rings is 1. The van der Waals surface area contributed by atoms with E-state index < -0.39 is 0 Å². The first-order valence-corrected chi connectivity index (χ1v) is 8.82. The quantitative estimate of drug-likeness (QED) is 0.554. The second kappa shape index (κ2) is 7.48. The Morgan fingerprint density at radius 2 is 1.89 bits per heavy atom. The lowest BCUT2D eigenvalue weighted by atomic mass is 10.1. The first-order chi connectivity index (χ1) is 13.6. The van der Waals surface area contributed by atoms with E-state index >= 15 is 0 Å². The molecule has 1 atom stereocenters. The minimum Gasteiger partial charge on any atom is -0.362 e. The Balaban J connectivity index is 1.67. The van der Waals surface area contributed by atoms with Crippen LogP contribution in [-0.4, -0.2) is 19.5 Å². The van der Waals surface area contributed by atoms with Gasteiger partial charge in [-0.1, -0.05) is 6.07 Å². The Bertz CT molecular complexity index is 1140. The number of benzene rings is 1. The van der Waals surface area contributed by atoms with E-state index in [9.17, 15) is 9.18 Å². The molecule has 3 aromatic heterocycles. The van der Waals surface area contributed by atoms with Gasteiger partial charge in [0.1, 0.15) is 11.6 Å². The second-order valence-corrected chi connectivity index (χ2v) is 6.34. The molecule has 0 amide bonds. The van der Waals surface area contributed by atoms with Gasteiger partial charge in [0.05, 0.1) is 23.1 Å². The van der Waals surface area contributed by atoms with Crippen LogP contribution in [0.1, 0.15) is 18.7 Å². The van der Waals surface area contributed by atoms with Crippen LogP contribution in [0.15, 0.2) is 78.0 Å². The third kappa shape index (κ3) is 3.55. The maximum Gasteiger partial charge on any atom is 0.330 e. The van der Waals surface area contributed by atoms with Crippen molar-refractivity contribution in [1.29, 1.82) is 0 Å². The summed E-state index contributed by atoms with van der Waals surface area (Å²) >= 11 is 0. The van der Waals surface area contributed by atoms with Crippen molar-refractivity contribution in [2.45, 2.75) is 13.0 Å². The second-order valence-electron chi connectivity index (χ2n) is 6.34. The smallest absolute Gasteiger partial charge is 0.330 e. The standard InChI is InChI=1S/C21H18FN5O/c1-14(18-4-2-3-10-23-18)26-20-12-15(9-11-24-20)19-13-25-21(28)27(19)17-7-5-16(22)6-8-17/h2-14H,1H3,(H,24,26)(H,25,28)/t14-/m0/s1. The van der Waals surface area contributed by atoms with E-state index in [1.165, 1.54) is 16.7 Å². The number of anilines is 1. The van der Waals surface area contributed by atoms with Gasteiger partial charge in [-0.2, -0.15) is 0 Å². The van der Waals surface area contributed by atoms with Crippen LogP contribution in [0.2, 0.25) is 0 Å². The highest BCUT2D eigenvalue weighted by molar-refractivity contribution is 5.65. The van der Waals surface area contributed by atoms with Crippen molar-refractivity contribution >= 4 is 5.82 Å². The molecule has 0 unspecified atom stereocenters. The Morgan fingerprint density at radius 1 is 1.07 bits per heavy atom. The molecule has 0 bridgehead atoms. The molecule has 0 spiro atoms. The molecule has 4 aromatic rings. The monoisotopic (exact) mass is 375 g/mol. The van der Waals surface area contributed by atoms with Gasteiger partial charge in [0.2, 0.25) is 0 Å². The number of H-pyrrole nitrogens is 1. The van der Waals surface area contributed by atoms with Crippen molar-refractivity contribution in [2.24, 2.45) is 0 Å². The van der Waals surface area contributed by atoms with E-state index in [1.807, 2.05) is 37.3 Å². The SMILES string of the molecule is C[C@H](Nc1cc(-c2c[nH]c(=O)n2-c2ccc(F)cc2)ccn1)c1ccccn1. The lowest BCUT2D eigenvalue weighted by Gasteiger charge is -2.15. The fourth-order valence-corrected chi connectivity index (χ4v) is 3.02. The highest BCUT2D eigenvalue weighted by Crippen LogP contribution is 2.24. The Labute approximate surface area is 160 Å². The summed E-state index contributed by atoms with van der Waals surface area (Å²) in [6.45, 7) is 2.00. The average molecular weight is 375 g/mol. The molecule has 0 saturated heterocycles. The predicted octanol–water partition coefficient (Wildman–Crippen LogP) is 3.93. The number of hydrogen-bond acceptors (Lipinski definition) is 4. The predicted molar refractivity (Wildman–Crippen MR) is 106 cm³/mol. The molecule has 0 aliphatic rings. The van der Waals surface area contributed by atoms with Gasteiger partial charge in [-0.15, -0.1) is 0 Å². The number of halogens is 1. The molecule has 0 fully saturated rings. The van der Waals surface area contributed by atoms with Gasteiger partial charge in [0.15, 0.2) is 0 Å². The number of rotatable bonds is 5. The minimum atomic E-state index is -0.354. The lowest BCUT2D eigenvalue weighted by Crippen LogP contribution is -2.15. The summed E-state index contributed by atoms with van der Waals surface area (Å²) in [5.74, 6) is 0.308. The first-order valence-electron chi connectivity index (χ1n) is 8.82. The first kappa shape index (κ1) is 17.7. The average Bonchev–Trinajstić information content (AvgIpc) is 3.11. The molecule has 1 aromatic carbocycles. The topological polar surface area (TPSA) is 75.6 Å². The van der Waals surface area contributed by atoms with Crippen molar-refractivity contribution in [2.75, 3.05) is 5.32 Å². The molecule has 0 aliphatic heterocycles. The summed E-state index contributed by atoms with van der Waals surface area (Å²) in [6.07, 6.45) is 5.06. The van der Waals surface area contributed by atoms with Gasteiger partial charge in [-0.25, -0.2) is 14.2 Å². The van der Waals surface area contributed by atoms with E-state index in [1.54, 1.807) is 30.7 Å². The van der Waals surface area contributed by atoms with E-state index in [-0.39, 0.29) is 17.5 Å². The summed E-state index contributed by atoms with van der Waals surface area (Å²) in [4.78, 5) is 23.7. The van der Waals surface area contributed by atoms with Crippen molar-refractivity contribution in [3.63, 3.8) is 0 Å². The van der Waals surface area contributed by atoms with Crippen LogP contribution in [0.4, 0.5) is 10.2 Å². The van der Waals surface area contributed by atoms with Gasteiger partial charge in [-0.05, 0) is 55.5 Å². The zero-order valence-corrected chi connectivity index (χ0v) is 15.1. The maximum absolute atomic E-state index is 13.2. The molecule has 0 radical (unpaired) electrons. The maximum atomic E-state index is 13.2. The van der Waals surface area contributed by atoms with Crippen molar-refractivity contribution in [3.8, 4) is 16.9 Å². The zero-order chi connectivity index (χ0) is 19.5. The molecule has 0 saturated carbocycles. The van der Waals surface area contributed by atoms with E-state index in [2.05, 4.69) is 20.3 Å². The number of nitrogens with zero attached hydrogens (tertiary/aromatic N) is 3. The lowest BCUT2D eigenvalue weighted by molar-refractivity contribution is 0.627. The van der Waals surface area contributed by atoms with Gasteiger partial charge >= 0.3 is 5.69 Å². The third-order valence-corrected chi connectivity index (χ3v) is 4.41. The molecule has 4 rings (SSSR count). The van der Waals surface area contributed by atoms with E-state index in [0.717, 1.165) is 11.3 Å². The Kier molecular flexibility index (Phi) is 4.72. The molecule has 7 heteroatoms. The molecule has 0 aliphatic carbocycles.